The van der Waals surface area contributed by atoms with Crippen LogP contribution in [0.1, 0.15) is 35.8 Å². The molecule has 0 bridgehead atoms. The molecule has 1 fully saturated rings. The number of aromatic nitrogens is 5. The van der Waals surface area contributed by atoms with Crippen LogP contribution in [-0.4, -0.2) is 43.6 Å². The van der Waals surface area contributed by atoms with Gasteiger partial charge in [0, 0.05) is 45.1 Å². The number of amides is 1. The van der Waals surface area contributed by atoms with Gasteiger partial charge in [0.2, 0.25) is 0 Å². The summed E-state index contributed by atoms with van der Waals surface area (Å²) < 4.78 is 9.41. The number of aryl methyl sites for hydroxylation is 2. The second kappa shape index (κ2) is 6.27. The second-order valence-electron chi connectivity index (χ2n) is 5.40. The van der Waals surface area contributed by atoms with Gasteiger partial charge in [0.05, 0.1) is 6.20 Å². The summed E-state index contributed by atoms with van der Waals surface area (Å²) in [6, 6.07) is 0. The van der Waals surface area contributed by atoms with Gasteiger partial charge in [0.15, 0.2) is 5.69 Å². The Bertz CT molecular complexity index is 649. The fraction of sp³-hybridized carbons (Fsp3) is 0.571. The van der Waals surface area contributed by atoms with Crippen molar-refractivity contribution in [1.82, 2.24) is 29.9 Å². The van der Waals surface area contributed by atoms with Gasteiger partial charge in [-0.25, -0.2) is 4.98 Å². The van der Waals surface area contributed by atoms with Crippen LogP contribution in [0, 0.1) is 5.92 Å². The predicted octanol–water partition coefficient (Wildman–Crippen LogP) is 0.539. The van der Waals surface area contributed by atoms with E-state index >= 15 is 0 Å². The van der Waals surface area contributed by atoms with Crippen molar-refractivity contribution < 1.29 is 9.53 Å². The van der Waals surface area contributed by atoms with Gasteiger partial charge in [0.25, 0.3) is 5.91 Å². The third-order valence-electron chi connectivity index (χ3n) is 3.92. The van der Waals surface area contributed by atoms with E-state index in [1.807, 2.05) is 6.20 Å². The molecule has 3 rings (SSSR count). The van der Waals surface area contributed by atoms with Crippen molar-refractivity contribution in [2.24, 2.45) is 13.0 Å². The number of nitrogens with zero attached hydrogens (tertiary/aromatic N) is 5. The van der Waals surface area contributed by atoms with Crippen molar-refractivity contribution in [2.45, 2.75) is 26.0 Å². The van der Waals surface area contributed by atoms with E-state index in [1.165, 1.54) is 4.68 Å². The summed E-state index contributed by atoms with van der Waals surface area (Å²) in [7, 11) is 1.73. The van der Waals surface area contributed by atoms with Gasteiger partial charge in [-0.2, -0.15) is 0 Å². The maximum Gasteiger partial charge on any atom is 0.273 e. The fourth-order valence-corrected chi connectivity index (χ4v) is 2.74. The first-order chi connectivity index (χ1) is 10.7. The lowest BCUT2D eigenvalue weighted by molar-refractivity contribution is 0.0773. The van der Waals surface area contributed by atoms with Crippen LogP contribution in [0.15, 0.2) is 18.6 Å². The highest BCUT2D eigenvalue weighted by atomic mass is 16.5. The average Bonchev–Trinajstić information content (AvgIpc) is 3.23. The Labute approximate surface area is 128 Å². The molecular formula is C14H20N6O2. The van der Waals surface area contributed by atoms with Crippen molar-refractivity contribution in [2.75, 3.05) is 13.2 Å². The van der Waals surface area contributed by atoms with Gasteiger partial charge >= 0.3 is 0 Å². The third-order valence-corrected chi connectivity index (χ3v) is 3.92. The van der Waals surface area contributed by atoms with Crippen LogP contribution in [-0.2, 0) is 18.3 Å². The molecule has 2 aromatic heterocycles. The smallest absolute Gasteiger partial charge is 0.273 e. The molecule has 1 saturated heterocycles. The van der Waals surface area contributed by atoms with E-state index in [4.69, 9.17) is 4.74 Å². The first kappa shape index (κ1) is 14.7. The zero-order valence-corrected chi connectivity index (χ0v) is 12.8. The molecule has 0 radical (unpaired) electrons. The molecule has 1 aliphatic rings. The summed E-state index contributed by atoms with van der Waals surface area (Å²) in [5.41, 5.74) is 0.327. The van der Waals surface area contributed by atoms with Gasteiger partial charge in [0.1, 0.15) is 11.9 Å². The van der Waals surface area contributed by atoms with E-state index in [-0.39, 0.29) is 17.9 Å². The van der Waals surface area contributed by atoms with Gasteiger partial charge in [-0.3, -0.25) is 9.48 Å². The molecule has 0 spiro atoms. The first-order valence-corrected chi connectivity index (χ1v) is 7.46. The number of carbonyl (C=O) groups is 1. The summed E-state index contributed by atoms with van der Waals surface area (Å²) in [5.74, 6) is 0.935. The molecule has 2 aromatic rings. The van der Waals surface area contributed by atoms with Crippen LogP contribution in [0.25, 0.3) is 0 Å². The maximum absolute atomic E-state index is 12.0. The van der Waals surface area contributed by atoms with Crippen LogP contribution in [0.4, 0.5) is 0 Å². The zero-order valence-electron chi connectivity index (χ0n) is 12.8. The highest BCUT2D eigenvalue weighted by Crippen LogP contribution is 2.33. The van der Waals surface area contributed by atoms with Gasteiger partial charge < -0.3 is 14.6 Å². The van der Waals surface area contributed by atoms with Gasteiger partial charge in [-0.05, 0) is 13.3 Å². The van der Waals surface area contributed by atoms with E-state index < -0.39 is 0 Å². The maximum atomic E-state index is 12.0. The lowest BCUT2D eigenvalue weighted by Crippen LogP contribution is -2.31. The SMILES string of the molecule is CCn1ccnc1[C@@H]1OCC[C@H]1CNC(=O)c1cn(C)nn1. The van der Waals surface area contributed by atoms with Crippen LogP contribution in [0.2, 0.25) is 0 Å². The molecular weight excluding hydrogens is 284 g/mol. The largest absolute Gasteiger partial charge is 0.370 e. The molecule has 0 aromatic carbocycles. The number of hydrogen-bond donors (Lipinski definition) is 1. The molecule has 118 valence electrons. The van der Waals surface area contributed by atoms with E-state index in [0.717, 1.165) is 18.8 Å². The molecule has 22 heavy (non-hydrogen) atoms. The topological polar surface area (TPSA) is 86.9 Å². The van der Waals surface area contributed by atoms with E-state index in [0.29, 0.717) is 18.8 Å². The average molecular weight is 304 g/mol. The Balaban J connectivity index is 1.63. The quantitative estimate of drug-likeness (QED) is 0.871. The van der Waals surface area contributed by atoms with Crippen molar-refractivity contribution in [1.29, 1.82) is 0 Å². The number of imidazole rings is 1. The van der Waals surface area contributed by atoms with Crippen LogP contribution in [0.3, 0.4) is 0 Å². The summed E-state index contributed by atoms with van der Waals surface area (Å²) in [6.45, 7) is 4.16. The monoisotopic (exact) mass is 304 g/mol. The summed E-state index contributed by atoms with van der Waals surface area (Å²) in [4.78, 5) is 16.4. The highest BCUT2D eigenvalue weighted by molar-refractivity contribution is 5.91. The summed E-state index contributed by atoms with van der Waals surface area (Å²) in [5, 5.41) is 10.5. The van der Waals surface area contributed by atoms with E-state index in [2.05, 4.69) is 32.1 Å². The van der Waals surface area contributed by atoms with E-state index in [9.17, 15) is 4.79 Å². The lowest BCUT2D eigenvalue weighted by atomic mass is 10.0. The third kappa shape index (κ3) is 2.87. The zero-order chi connectivity index (χ0) is 15.5. The van der Waals surface area contributed by atoms with E-state index in [1.54, 1.807) is 19.4 Å². The summed E-state index contributed by atoms with van der Waals surface area (Å²) >= 11 is 0. The number of carbonyl (C=O) groups excluding carboxylic acids is 1. The number of nitrogens with one attached hydrogen (secondary N) is 1. The Morgan fingerprint density at radius 3 is 3.14 bits per heavy atom. The number of rotatable bonds is 5. The fourth-order valence-electron chi connectivity index (χ4n) is 2.74. The molecule has 8 heteroatoms. The van der Waals surface area contributed by atoms with Gasteiger partial charge in [-0.15, -0.1) is 5.10 Å². The van der Waals surface area contributed by atoms with Crippen LogP contribution >= 0.6 is 0 Å². The minimum Gasteiger partial charge on any atom is -0.370 e. The molecule has 2 atom stereocenters. The normalized spacial score (nSPS) is 21.2. The van der Waals surface area contributed by atoms with Crippen molar-refractivity contribution in [3.8, 4) is 0 Å². The minimum absolute atomic E-state index is 0.0721. The minimum atomic E-state index is -0.211. The van der Waals surface area contributed by atoms with Crippen molar-refractivity contribution in [3.63, 3.8) is 0 Å². The second-order valence-corrected chi connectivity index (χ2v) is 5.40. The molecule has 0 unspecified atom stereocenters. The molecule has 8 nitrogen and oxygen atoms in total. The molecule has 1 N–H and O–H groups in total. The molecule has 0 aliphatic carbocycles. The first-order valence-electron chi connectivity index (χ1n) is 7.46. The Kier molecular flexibility index (Phi) is 4.19. The Morgan fingerprint density at radius 1 is 1.55 bits per heavy atom. The predicted molar refractivity (Wildman–Crippen MR) is 78.0 cm³/mol. The van der Waals surface area contributed by atoms with Crippen molar-refractivity contribution in [3.05, 3.63) is 30.1 Å². The van der Waals surface area contributed by atoms with Crippen molar-refractivity contribution >= 4 is 5.91 Å². The number of ether oxygens (including phenoxy) is 1. The lowest BCUT2D eigenvalue weighted by Gasteiger charge is -2.19. The Hall–Kier alpha value is -2.22. The van der Waals surface area contributed by atoms with Crippen LogP contribution < -0.4 is 5.32 Å². The highest BCUT2D eigenvalue weighted by Gasteiger charge is 2.33. The Morgan fingerprint density at radius 2 is 2.41 bits per heavy atom. The standard InChI is InChI=1S/C14H20N6O2/c1-3-20-6-5-15-13(20)12-10(4-7-22-12)8-16-14(21)11-9-19(2)18-17-11/h5-6,9-10,12H,3-4,7-8H2,1-2H3,(H,16,21)/t10-,12+/m0/s1. The molecule has 3 heterocycles. The molecule has 1 amide bonds. The molecule has 0 saturated carbocycles. The summed E-state index contributed by atoms with van der Waals surface area (Å²) in [6.07, 6.45) is 6.17. The van der Waals surface area contributed by atoms with Crippen LogP contribution in [0.5, 0.6) is 0 Å². The number of hydrogen-bond acceptors (Lipinski definition) is 5. The van der Waals surface area contributed by atoms with Gasteiger partial charge in [-0.1, -0.05) is 5.21 Å². The molecule has 1 aliphatic heterocycles.